The summed E-state index contributed by atoms with van der Waals surface area (Å²) in [6.45, 7) is -0.160. The van der Waals surface area contributed by atoms with E-state index in [-0.39, 0.29) is 17.6 Å². The van der Waals surface area contributed by atoms with E-state index >= 15 is 0 Å². The zero-order valence-corrected chi connectivity index (χ0v) is 18.2. The number of nitrogens with zero attached hydrogens (tertiary/aromatic N) is 4. The van der Waals surface area contributed by atoms with Crippen LogP contribution >= 0.6 is 11.8 Å². The molecule has 10 heteroatoms. The number of carbonyl (C=O) groups excluding carboxylic acids is 1. The van der Waals surface area contributed by atoms with Gasteiger partial charge >= 0.3 is 0 Å². The van der Waals surface area contributed by atoms with Crippen LogP contribution in [-0.4, -0.2) is 37.9 Å². The molecule has 0 saturated heterocycles. The number of alkyl halides is 2. The van der Waals surface area contributed by atoms with Gasteiger partial charge in [0.15, 0.2) is 5.16 Å². The number of fused-ring (bicyclic) bond motifs is 1. The first kappa shape index (κ1) is 21.8. The summed E-state index contributed by atoms with van der Waals surface area (Å²) in [5, 5.41) is 3.08. The summed E-state index contributed by atoms with van der Waals surface area (Å²) in [5.41, 5.74) is 1.98. The van der Waals surface area contributed by atoms with Gasteiger partial charge in [-0.25, -0.2) is 9.97 Å². The minimum atomic E-state index is -2.65. The Morgan fingerprint density at radius 2 is 1.94 bits per heavy atom. The van der Waals surface area contributed by atoms with E-state index in [1.807, 2.05) is 23.7 Å². The van der Waals surface area contributed by atoms with E-state index in [2.05, 4.69) is 15.3 Å². The van der Waals surface area contributed by atoms with Crippen molar-refractivity contribution < 1.29 is 18.3 Å². The van der Waals surface area contributed by atoms with Crippen LogP contribution in [0.15, 0.2) is 66.1 Å². The number of para-hydroxylation sites is 2. The Morgan fingerprint density at radius 1 is 1.19 bits per heavy atom. The SMILES string of the molecule is COc1ccc(C(NC(=O)Cn2c(SC(F)F)nc3ccccc32)c2nccn2C)cc1. The number of nitrogens with one attached hydrogen (secondary N) is 1. The van der Waals surface area contributed by atoms with Crippen molar-refractivity contribution in [3.8, 4) is 5.75 Å². The molecule has 2 heterocycles. The third kappa shape index (κ3) is 4.59. The summed E-state index contributed by atoms with van der Waals surface area (Å²) in [6, 6.07) is 13.8. The minimum Gasteiger partial charge on any atom is -0.497 e. The van der Waals surface area contributed by atoms with Gasteiger partial charge in [-0.15, -0.1) is 0 Å². The molecule has 1 amide bonds. The quantitative estimate of drug-likeness (QED) is 0.405. The number of halogens is 2. The molecule has 2 aromatic carbocycles. The van der Waals surface area contributed by atoms with Crippen molar-refractivity contribution in [2.24, 2.45) is 7.05 Å². The summed E-state index contributed by atoms with van der Waals surface area (Å²) in [5.74, 6) is -1.67. The highest BCUT2D eigenvalue weighted by Crippen LogP contribution is 2.29. The fraction of sp³-hybridized carbons (Fsp3) is 0.227. The van der Waals surface area contributed by atoms with Crippen LogP contribution in [0, 0.1) is 0 Å². The fourth-order valence-electron chi connectivity index (χ4n) is 3.47. The van der Waals surface area contributed by atoms with Gasteiger partial charge in [-0.2, -0.15) is 8.78 Å². The number of aryl methyl sites for hydroxylation is 1. The highest BCUT2D eigenvalue weighted by Gasteiger charge is 2.23. The Hall–Kier alpha value is -3.40. The van der Waals surface area contributed by atoms with Crippen LogP contribution in [0.3, 0.4) is 0 Å². The number of thioether (sulfide) groups is 1. The molecule has 0 spiro atoms. The third-order valence-corrected chi connectivity index (χ3v) is 5.69. The molecule has 4 aromatic rings. The molecule has 0 aliphatic rings. The molecular weight excluding hydrogens is 436 g/mol. The van der Waals surface area contributed by atoms with Gasteiger partial charge in [0.1, 0.15) is 24.2 Å². The van der Waals surface area contributed by atoms with Crippen molar-refractivity contribution in [3.63, 3.8) is 0 Å². The second-order valence-corrected chi connectivity index (χ2v) is 7.97. The third-order valence-electron chi connectivity index (χ3n) is 4.99. The number of ether oxygens (including phenoxy) is 1. The van der Waals surface area contributed by atoms with Gasteiger partial charge < -0.3 is 19.2 Å². The lowest BCUT2D eigenvalue weighted by Gasteiger charge is -2.20. The first-order valence-corrected chi connectivity index (χ1v) is 10.6. The number of benzene rings is 2. The number of hydrogen-bond acceptors (Lipinski definition) is 5. The molecule has 0 aliphatic carbocycles. The van der Waals surface area contributed by atoms with E-state index in [4.69, 9.17) is 4.74 Å². The van der Waals surface area contributed by atoms with Crippen molar-refractivity contribution in [2.75, 3.05) is 7.11 Å². The Bertz CT molecular complexity index is 1220. The largest absolute Gasteiger partial charge is 0.497 e. The number of aromatic nitrogens is 4. The first-order valence-electron chi connectivity index (χ1n) is 9.77. The average Bonchev–Trinajstić information content (AvgIpc) is 3.35. The van der Waals surface area contributed by atoms with Crippen molar-refractivity contribution in [2.45, 2.75) is 23.5 Å². The molecule has 2 aromatic heterocycles. The maximum absolute atomic E-state index is 13.1. The highest BCUT2D eigenvalue weighted by atomic mass is 32.2. The van der Waals surface area contributed by atoms with Gasteiger partial charge in [-0.3, -0.25) is 4.79 Å². The fourth-order valence-corrected chi connectivity index (χ4v) is 4.08. The van der Waals surface area contributed by atoms with Gasteiger partial charge in [0.2, 0.25) is 5.91 Å². The van der Waals surface area contributed by atoms with Crippen LogP contribution in [-0.2, 0) is 18.4 Å². The van der Waals surface area contributed by atoms with Crippen molar-refractivity contribution in [1.29, 1.82) is 0 Å². The maximum atomic E-state index is 13.1. The molecule has 0 bridgehead atoms. The van der Waals surface area contributed by atoms with Crippen molar-refractivity contribution in [1.82, 2.24) is 24.4 Å². The molecule has 7 nitrogen and oxygen atoms in total. The molecule has 4 rings (SSSR count). The van der Waals surface area contributed by atoms with Gasteiger partial charge in [0, 0.05) is 19.4 Å². The molecule has 1 N–H and O–H groups in total. The monoisotopic (exact) mass is 457 g/mol. The molecule has 166 valence electrons. The second-order valence-electron chi connectivity index (χ2n) is 7.02. The van der Waals surface area contributed by atoms with Crippen LogP contribution < -0.4 is 10.1 Å². The van der Waals surface area contributed by atoms with E-state index in [1.165, 1.54) is 4.57 Å². The molecular formula is C22H21F2N5O2S. The van der Waals surface area contributed by atoms with Crippen molar-refractivity contribution in [3.05, 3.63) is 72.3 Å². The van der Waals surface area contributed by atoms with Crippen LogP contribution in [0.1, 0.15) is 17.4 Å². The summed E-state index contributed by atoms with van der Waals surface area (Å²) in [4.78, 5) is 21.7. The topological polar surface area (TPSA) is 74.0 Å². The molecule has 0 saturated carbocycles. The predicted octanol–water partition coefficient (Wildman–Crippen LogP) is 4.00. The zero-order valence-electron chi connectivity index (χ0n) is 17.4. The Kier molecular flexibility index (Phi) is 6.40. The lowest BCUT2D eigenvalue weighted by molar-refractivity contribution is -0.122. The summed E-state index contributed by atoms with van der Waals surface area (Å²) in [7, 11) is 3.42. The molecule has 32 heavy (non-hydrogen) atoms. The number of carbonyl (C=O) groups is 1. The molecule has 0 fully saturated rings. The maximum Gasteiger partial charge on any atom is 0.291 e. The highest BCUT2D eigenvalue weighted by molar-refractivity contribution is 7.99. The van der Waals surface area contributed by atoms with Gasteiger partial charge in [-0.05, 0) is 41.6 Å². The Morgan fingerprint density at radius 3 is 2.59 bits per heavy atom. The standard InChI is InChI=1S/C22H21F2N5O2S/c1-28-12-11-25-20(28)19(14-7-9-15(31-2)10-8-14)27-18(30)13-29-17-6-4-3-5-16(17)26-22(29)32-21(23)24/h3-12,19,21H,13H2,1-2H3,(H,27,30). The number of imidazole rings is 2. The smallest absolute Gasteiger partial charge is 0.291 e. The van der Waals surface area contributed by atoms with Crippen LogP contribution in [0.25, 0.3) is 11.0 Å². The predicted molar refractivity (Wildman–Crippen MR) is 118 cm³/mol. The lowest BCUT2D eigenvalue weighted by Crippen LogP contribution is -2.33. The first-order chi connectivity index (χ1) is 15.5. The normalized spacial score (nSPS) is 12.3. The Balaban J connectivity index is 1.64. The van der Waals surface area contributed by atoms with E-state index in [1.54, 1.807) is 55.9 Å². The van der Waals surface area contributed by atoms with Crippen LogP contribution in [0.5, 0.6) is 5.75 Å². The number of methoxy groups -OCH3 is 1. The molecule has 0 aliphatic heterocycles. The number of hydrogen-bond donors (Lipinski definition) is 1. The van der Waals surface area contributed by atoms with E-state index in [0.717, 1.165) is 5.56 Å². The average molecular weight is 458 g/mol. The number of rotatable bonds is 8. The van der Waals surface area contributed by atoms with E-state index in [0.29, 0.717) is 34.4 Å². The molecule has 1 unspecified atom stereocenters. The summed E-state index contributed by atoms with van der Waals surface area (Å²) < 4.78 is 34.7. The minimum absolute atomic E-state index is 0.0920. The zero-order chi connectivity index (χ0) is 22.7. The van der Waals surface area contributed by atoms with E-state index < -0.39 is 11.8 Å². The van der Waals surface area contributed by atoms with Crippen molar-refractivity contribution >= 4 is 28.7 Å². The second kappa shape index (κ2) is 9.39. The Labute approximate surface area is 187 Å². The van der Waals surface area contributed by atoms with Gasteiger partial charge in [0.25, 0.3) is 5.76 Å². The number of amides is 1. The lowest BCUT2D eigenvalue weighted by atomic mass is 10.1. The molecule has 1 atom stereocenters. The van der Waals surface area contributed by atoms with Gasteiger partial charge in [-0.1, -0.05) is 24.3 Å². The van der Waals surface area contributed by atoms with Crippen LogP contribution in [0.4, 0.5) is 8.78 Å². The van der Waals surface area contributed by atoms with Crippen LogP contribution in [0.2, 0.25) is 0 Å². The molecule has 0 radical (unpaired) electrons. The summed E-state index contributed by atoms with van der Waals surface area (Å²) in [6.07, 6.45) is 3.44. The summed E-state index contributed by atoms with van der Waals surface area (Å²) >= 11 is 0.321. The van der Waals surface area contributed by atoms with E-state index in [9.17, 15) is 13.6 Å². The van der Waals surface area contributed by atoms with Gasteiger partial charge in [0.05, 0.1) is 18.1 Å².